The smallest absolute Gasteiger partial charge is 1.00 e. The maximum Gasteiger partial charge on any atom is -1.00 e. The van der Waals surface area contributed by atoms with Gasteiger partial charge in [-0.15, -0.1) is 0 Å². The third-order valence-electron chi connectivity index (χ3n) is 2.43. The monoisotopic (exact) mass is 312 g/mol. The second kappa shape index (κ2) is 5.33. The predicted octanol–water partition coefficient (Wildman–Crippen LogP) is -0.389. The van der Waals surface area contributed by atoms with Crippen LogP contribution in [0.25, 0.3) is 10.8 Å². The zero-order chi connectivity index (χ0) is 13.8. The molecule has 0 unspecified atom stereocenters. The molecule has 0 fully saturated rings. The molecule has 0 aromatic heterocycles. The Morgan fingerprint density at radius 3 is 1.21 bits per heavy atom. The molecule has 0 saturated carbocycles. The van der Waals surface area contributed by atoms with Gasteiger partial charge in [-0.3, -0.25) is 0 Å². The van der Waals surface area contributed by atoms with Crippen LogP contribution in [-0.2, 0) is 0 Å². The fourth-order valence-corrected chi connectivity index (χ4v) is 1.87. The predicted molar refractivity (Wildman–Crippen MR) is 49.0 cm³/mol. The molecule has 19 heavy (non-hydrogen) atoms. The van der Waals surface area contributed by atoms with Gasteiger partial charge in [-0.25, -0.2) is 0 Å². The molecule has 0 spiro atoms. The molecule has 2 aromatic carbocycles. The molecule has 0 aliphatic heterocycles. The first-order chi connectivity index (χ1) is 8.29. The fraction of sp³-hybridized carbons (Fsp3) is 0. The average molecular weight is 313 g/mol. The van der Waals surface area contributed by atoms with Gasteiger partial charge in [-0.05, 0) is 0 Å². The number of halogens is 8. The minimum Gasteiger partial charge on any atom is -1.00 e. The quantitative estimate of drug-likeness (QED) is 0.269. The first-order valence-electron chi connectivity index (χ1n) is 4.43. The van der Waals surface area contributed by atoms with Crippen LogP contribution in [0.4, 0.5) is 30.7 Å². The molecule has 2 aromatic rings. The molecular formula is C10ClF7Mg. The van der Waals surface area contributed by atoms with Crippen LogP contribution in [0.5, 0.6) is 0 Å². The van der Waals surface area contributed by atoms with E-state index in [9.17, 15) is 30.7 Å². The van der Waals surface area contributed by atoms with E-state index >= 15 is 0 Å². The van der Waals surface area contributed by atoms with Crippen molar-refractivity contribution < 1.29 is 43.1 Å². The normalized spacial score (nSPS) is 10.8. The Kier molecular flexibility index (Phi) is 4.58. The number of hydrogen-bond acceptors (Lipinski definition) is 0. The summed E-state index contributed by atoms with van der Waals surface area (Å²) >= 11 is 0.533. The van der Waals surface area contributed by atoms with Crippen LogP contribution in [-0.4, -0.2) is 21.7 Å². The molecule has 0 aliphatic rings. The third-order valence-corrected chi connectivity index (χ3v) is 3.05. The van der Waals surface area contributed by atoms with Crippen LogP contribution in [0.2, 0.25) is 0 Å². The van der Waals surface area contributed by atoms with E-state index in [1.165, 1.54) is 0 Å². The number of fused-ring (bicyclic) bond motifs is 1. The van der Waals surface area contributed by atoms with Crippen LogP contribution in [0.1, 0.15) is 0 Å². The van der Waals surface area contributed by atoms with E-state index in [1.54, 1.807) is 0 Å². The van der Waals surface area contributed by atoms with Crippen LogP contribution >= 0.6 is 0 Å². The second-order valence-electron chi connectivity index (χ2n) is 3.43. The maximum atomic E-state index is 13.5. The molecule has 98 valence electrons. The Morgan fingerprint density at radius 1 is 0.474 bits per heavy atom. The van der Waals surface area contributed by atoms with Crippen molar-refractivity contribution in [2.45, 2.75) is 0 Å². The largest absolute Gasteiger partial charge is 1.00 e. The van der Waals surface area contributed by atoms with E-state index in [2.05, 4.69) is 0 Å². The molecule has 0 N–H and O–H groups in total. The van der Waals surface area contributed by atoms with Crippen molar-refractivity contribution in [2.75, 3.05) is 0 Å². The molecule has 2 rings (SSSR count). The minimum absolute atomic E-state index is 0. The van der Waals surface area contributed by atoms with Gasteiger partial charge in [0.15, 0.2) is 0 Å². The van der Waals surface area contributed by atoms with Crippen molar-refractivity contribution >= 4 is 36.2 Å². The fourth-order valence-electron chi connectivity index (χ4n) is 1.53. The minimum atomic E-state index is -2.33. The van der Waals surface area contributed by atoms with Gasteiger partial charge in [-0.2, -0.15) is 0 Å². The van der Waals surface area contributed by atoms with Gasteiger partial charge in [0, 0.05) is 0 Å². The van der Waals surface area contributed by atoms with E-state index in [0.29, 0.717) is 21.7 Å². The Balaban J connectivity index is 0.00000180. The summed E-state index contributed by atoms with van der Waals surface area (Å²) in [6.07, 6.45) is 0. The Morgan fingerprint density at radius 2 is 0.789 bits per heavy atom. The first-order valence-corrected chi connectivity index (χ1v) is 5.13. The summed E-state index contributed by atoms with van der Waals surface area (Å²) < 4.78 is 91.4. The Labute approximate surface area is 120 Å². The van der Waals surface area contributed by atoms with Gasteiger partial charge in [0.2, 0.25) is 0 Å². The summed E-state index contributed by atoms with van der Waals surface area (Å²) in [7, 11) is 0. The summed E-state index contributed by atoms with van der Waals surface area (Å²) in [6.45, 7) is 0. The summed E-state index contributed by atoms with van der Waals surface area (Å²) in [4.78, 5) is 0. The van der Waals surface area contributed by atoms with Crippen molar-refractivity contribution in [3.05, 3.63) is 40.7 Å². The molecule has 9 heteroatoms. The summed E-state index contributed by atoms with van der Waals surface area (Å²) in [6, 6.07) is 0. The summed E-state index contributed by atoms with van der Waals surface area (Å²) in [5.74, 6) is -14.3. The zero-order valence-electron chi connectivity index (χ0n) is 8.73. The molecule has 0 bridgehead atoms. The van der Waals surface area contributed by atoms with Gasteiger partial charge in [0.1, 0.15) is 0 Å². The van der Waals surface area contributed by atoms with Crippen LogP contribution in [0.15, 0.2) is 0 Å². The van der Waals surface area contributed by atoms with Crippen LogP contribution in [0.3, 0.4) is 0 Å². The molecular weight excluding hydrogens is 313 g/mol. The van der Waals surface area contributed by atoms with Gasteiger partial charge >= 0.3 is 108 Å². The van der Waals surface area contributed by atoms with Gasteiger partial charge < -0.3 is 12.4 Å². The maximum absolute atomic E-state index is 13.5. The van der Waals surface area contributed by atoms with Crippen LogP contribution < -0.4 is 16.1 Å². The molecule has 0 aliphatic carbocycles. The Hall–Kier alpha value is -0.734. The number of hydrogen-bond donors (Lipinski definition) is 0. The SMILES string of the molecule is Fc1c(F)c(F)c2c(F)[c]([Mg+])c(F)c(F)c2c1F.[Cl-]. The Bertz CT molecular complexity index is 573. The summed E-state index contributed by atoms with van der Waals surface area (Å²) in [5.41, 5.74) is 0. The second-order valence-corrected chi connectivity index (χ2v) is 4.13. The topological polar surface area (TPSA) is 0 Å². The first kappa shape index (κ1) is 16.3. The standard InChI is InChI=1S/C10F7.ClH.Mg/c11-2-1-3(12)6(13)5-4(2)7(14)9(16)10(17)8(5)15;;/h;1H;/q;;+1/p-1. The van der Waals surface area contributed by atoms with Crippen LogP contribution in [0, 0.1) is 40.7 Å². The van der Waals surface area contributed by atoms with Crippen molar-refractivity contribution in [1.29, 1.82) is 0 Å². The van der Waals surface area contributed by atoms with E-state index in [4.69, 9.17) is 0 Å². The molecule has 0 atom stereocenters. The molecule has 0 amide bonds. The van der Waals surface area contributed by atoms with E-state index < -0.39 is 55.2 Å². The molecule has 0 saturated heterocycles. The van der Waals surface area contributed by atoms with E-state index in [0.717, 1.165) is 0 Å². The van der Waals surface area contributed by atoms with Crippen molar-refractivity contribution in [1.82, 2.24) is 0 Å². The number of rotatable bonds is 0. The van der Waals surface area contributed by atoms with Gasteiger partial charge in [0.05, 0.1) is 0 Å². The van der Waals surface area contributed by atoms with Gasteiger partial charge in [-0.1, -0.05) is 0 Å². The summed E-state index contributed by atoms with van der Waals surface area (Å²) in [5, 5.41) is -3.04. The average Bonchev–Trinajstić information content (AvgIpc) is 2.35. The van der Waals surface area contributed by atoms with E-state index in [1.807, 2.05) is 0 Å². The van der Waals surface area contributed by atoms with Crippen molar-refractivity contribution in [3.8, 4) is 0 Å². The van der Waals surface area contributed by atoms with Crippen molar-refractivity contribution in [3.63, 3.8) is 0 Å². The van der Waals surface area contributed by atoms with Crippen molar-refractivity contribution in [2.24, 2.45) is 0 Å². The molecule has 0 heterocycles. The molecule has 0 nitrogen and oxygen atoms in total. The van der Waals surface area contributed by atoms with E-state index in [-0.39, 0.29) is 12.4 Å². The van der Waals surface area contributed by atoms with Gasteiger partial charge in [0.25, 0.3) is 0 Å². The molecule has 0 radical (unpaired) electrons. The third kappa shape index (κ3) is 2.15. The number of benzene rings is 2. The zero-order valence-corrected chi connectivity index (χ0v) is 10.9.